The zero-order valence-electron chi connectivity index (χ0n) is 9.06. The highest BCUT2D eigenvalue weighted by Gasteiger charge is 2.08. The van der Waals surface area contributed by atoms with E-state index in [0.29, 0.717) is 19.3 Å². The zero-order valence-corrected chi connectivity index (χ0v) is 9.87. The van der Waals surface area contributed by atoms with Gasteiger partial charge in [0.15, 0.2) is 17.9 Å². The summed E-state index contributed by atoms with van der Waals surface area (Å²) < 4.78 is 18.8. The fraction of sp³-hybridized carbons (Fsp3) is 0.154. The van der Waals surface area contributed by atoms with Crippen LogP contribution >= 0.6 is 11.3 Å². The van der Waals surface area contributed by atoms with Crippen LogP contribution in [0.4, 0.5) is 4.39 Å². The van der Waals surface area contributed by atoms with Gasteiger partial charge in [0.1, 0.15) is 0 Å². The summed E-state index contributed by atoms with van der Waals surface area (Å²) >= 11 is 1.63. The third-order valence-electron chi connectivity index (χ3n) is 2.30. The Bertz CT molecular complexity index is 494. The first-order chi connectivity index (χ1) is 8.31. The molecular formula is C13H11FO2S. The van der Waals surface area contributed by atoms with E-state index in [-0.39, 0.29) is 11.3 Å². The van der Waals surface area contributed by atoms with Gasteiger partial charge in [-0.2, -0.15) is 0 Å². The van der Waals surface area contributed by atoms with E-state index in [1.807, 2.05) is 17.5 Å². The minimum atomic E-state index is -0.499. The number of aldehydes is 1. The van der Waals surface area contributed by atoms with Crippen LogP contribution in [0.1, 0.15) is 15.2 Å². The molecule has 0 aliphatic heterocycles. The van der Waals surface area contributed by atoms with Crippen molar-refractivity contribution in [1.29, 1.82) is 0 Å². The lowest BCUT2D eigenvalue weighted by Crippen LogP contribution is -2.04. The lowest BCUT2D eigenvalue weighted by atomic mass is 10.2. The Balaban J connectivity index is 2.01. The largest absolute Gasteiger partial charge is 0.489 e. The number of hydrogen-bond acceptors (Lipinski definition) is 3. The molecule has 0 atom stereocenters. The van der Waals surface area contributed by atoms with Crippen LogP contribution in [0, 0.1) is 5.82 Å². The van der Waals surface area contributed by atoms with Crippen LogP contribution in [-0.4, -0.2) is 12.9 Å². The molecule has 4 heteroatoms. The smallest absolute Gasteiger partial charge is 0.165 e. The van der Waals surface area contributed by atoms with Crippen molar-refractivity contribution in [1.82, 2.24) is 0 Å². The first-order valence-electron chi connectivity index (χ1n) is 5.20. The second kappa shape index (κ2) is 5.59. The molecule has 0 aliphatic rings. The molecule has 0 amide bonds. The minimum absolute atomic E-state index is 0.0408. The van der Waals surface area contributed by atoms with Crippen LogP contribution in [0.15, 0.2) is 35.7 Å². The van der Waals surface area contributed by atoms with E-state index < -0.39 is 5.82 Å². The van der Waals surface area contributed by atoms with Gasteiger partial charge in [-0.15, -0.1) is 11.3 Å². The highest BCUT2D eigenvalue weighted by Crippen LogP contribution is 2.21. The average molecular weight is 250 g/mol. The fourth-order valence-corrected chi connectivity index (χ4v) is 2.17. The van der Waals surface area contributed by atoms with Crippen molar-refractivity contribution in [3.05, 3.63) is 52.0 Å². The van der Waals surface area contributed by atoms with E-state index >= 15 is 0 Å². The number of halogens is 1. The SMILES string of the molecule is O=Cc1cccc(F)c1OCCc1cccs1. The number of carbonyl (C=O) groups is 1. The molecule has 0 radical (unpaired) electrons. The maximum Gasteiger partial charge on any atom is 0.165 e. The number of rotatable bonds is 5. The number of para-hydroxylation sites is 1. The lowest BCUT2D eigenvalue weighted by Gasteiger charge is -2.08. The maximum absolute atomic E-state index is 13.4. The van der Waals surface area contributed by atoms with Crippen LogP contribution in [0.5, 0.6) is 5.75 Å². The van der Waals surface area contributed by atoms with Gasteiger partial charge in [0.2, 0.25) is 0 Å². The molecule has 1 aromatic carbocycles. The monoisotopic (exact) mass is 250 g/mol. The van der Waals surface area contributed by atoms with Gasteiger partial charge in [0.05, 0.1) is 12.2 Å². The Labute approximate surface area is 103 Å². The summed E-state index contributed by atoms with van der Waals surface area (Å²) in [6.07, 6.45) is 1.31. The average Bonchev–Trinajstić information content (AvgIpc) is 2.84. The van der Waals surface area contributed by atoms with Gasteiger partial charge in [0.25, 0.3) is 0 Å². The summed E-state index contributed by atoms with van der Waals surface area (Å²) in [7, 11) is 0. The van der Waals surface area contributed by atoms with Crippen molar-refractivity contribution < 1.29 is 13.9 Å². The highest BCUT2D eigenvalue weighted by atomic mass is 32.1. The standard InChI is InChI=1S/C13H11FO2S/c14-12-5-1-3-10(9-15)13(12)16-7-6-11-4-2-8-17-11/h1-5,8-9H,6-7H2. The maximum atomic E-state index is 13.4. The number of ether oxygens (including phenoxy) is 1. The minimum Gasteiger partial charge on any atom is -0.489 e. The molecular weight excluding hydrogens is 239 g/mol. The fourth-order valence-electron chi connectivity index (χ4n) is 1.48. The molecule has 0 fully saturated rings. The normalized spacial score (nSPS) is 10.2. The first-order valence-corrected chi connectivity index (χ1v) is 6.08. The van der Waals surface area contributed by atoms with E-state index in [0.717, 1.165) is 0 Å². The Kier molecular flexibility index (Phi) is 3.88. The summed E-state index contributed by atoms with van der Waals surface area (Å²) in [5.41, 5.74) is 0.246. The van der Waals surface area contributed by atoms with Crippen molar-refractivity contribution in [3.63, 3.8) is 0 Å². The molecule has 2 nitrogen and oxygen atoms in total. The molecule has 2 rings (SSSR count). The predicted molar refractivity (Wildman–Crippen MR) is 65.3 cm³/mol. The predicted octanol–water partition coefficient (Wildman–Crippen LogP) is 3.32. The van der Waals surface area contributed by atoms with Gasteiger partial charge in [-0.1, -0.05) is 12.1 Å². The van der Waals surface area contributed by atoms with Crippen molar-refractivity contribution in [3.8, 4) is 5.75 Å². The summed E-state index contributed by atoms with van der Waals surface area (Å²) in [5, 5.41) is 1.98. The molecule has 0 unspecified atom stereocenters. The molecule has 0 N–H and O–H groups in total. The first kappa shape index (κ1) is 11.8. The second-order valence-electron chi connectivity index (χ2n) is 3.45. The molecule has 0 aliphatic carbocycles. The van der Waals surface area contributed by atoms with Crippen molar-refractivity contribution in [2.75, 3.05) is 6.61 Å². The van der Waals surface area contributed by atoms with E-state index in [4.69, 9.17) is 4.74 Å². The van der Waals surface area contributed by atoms with Crippen LogP contribution in [0.25, 0.3) is 0 Å². The quantitative estimate of drug-likeness (QED) is 0.761. The molecule has 1 heterocycles. The van der Waals surface area contributed by atoms with Gasteiger partial charge in [-0.3, -0.25) is 4.79 Å². The van der Waals surface area contributed by atoms with E-state index in [1.165, 1.54) is 23.1 Å². The molecule has 1 aromatic heterocycles. The Hall–Kier alpha value is -1.68. The Morgan fingerprint density at radius 1 is 1.29 bits per heavy atom. The van der Waals surface area contributed by atoms with E-state index in [9.17, 15) is 9.18 Å². The van der Waals surface area contributed by atoms with Crippen molar-refractivity contribution >= 4 is 17.6 Å². The zero-order chi connectivity index (χ0) is 12.1. The van der Waals surface area contributed by atoms with E-state index in [2.05, 4.69) is 0 Å². The Morgan fingerprint density at radius 3 is 2.88 bits per heavy atom. The lowest BCUT2D eigenvalue weighted by molar-refractivity contribution is 0.111. The van der Waals surface area contributed by atoms with Crippen LogP contribution in [-0.2, 0) is 6.42 Å². The summed E-state index contributed by atoms with van der Waals surface area (Å²) in [5.74, 6) is -0.458. The summed E-state index contributed by atoms with van der Waals surface area (Å²) in [4.78, 5) is 11.9. The van der Waals surface area contributed by atoms with Crippen LogP contribution in [0.3, 0.4) is 0 Å². The van der Waals surface area contributed by atoms with Gasteiger partial charge in [-0.05, 0) is 23.6 Å². The highest BCUT2D eigenvalue weighted by molar-refractivity contribution is 7.09. The molecule has 0 spiro atoms. The summed E-state index contributed by atoms with van der Waals surface area (Å²) in [6, 6.07) is 8.27. The van der Waals surface area contributed by atoms with Gasteiger partial charge >= 0.3 is 0 Å². The van der Waals surface area contributed by atoms with Crippen molar-refractivity contribution in [2.45, 2.75) is 6.42 Å². The molecule has 17 heavy (non-hydrogen) atoms. The molecule has 88 valence electrons. The van der Waals surface area contributed by atoms with Gasteiger partial charge in [0, 0.05) is 11.3 Å². The van der Waals surface area contributed by atoms with Crippen LogP contribution in [0.2, 0.25) is 0 Å². The summed E-state index contributed by atoms with van der Waals surface area (Å²) in [6.45, 7) is 0.363. The van der Waals surface area contributed by atoms with Crippen molar-refractivity contribution in [2.24, 2.45) is 0 Å². The third kappa shape index (κ3) is 2.91. The number of thiophene rings is 1. The second-order valence-corrected chi connectivity index (χ2v) is 4.49. The molecule has 0 saturated heterocycles. The van der Waals surface area contributed by atoms with Gasteiger partial charge < -0.3 is 4.74 Å². The molecule has 0 saturated carbocycles. The van der Waals surface area contributed by atoms with Crippen LogP contribution < -0.4 is 4.74 Å². The number of benzene rings is 1. The topological polar surface area (TPSA) is 26.3 Å². The molecule has 0 bridgehead atoms. The molecule has 2 aromatic rings. The number of carbonyl (C=O) groups excluding carboxylic acids is 1. The third-order valence-corrected chi connectivity index (χ3v) is 3.24. The van der Waals surface area contributed by atoms with Gasteiger partial charge in [-0.25, -0.2) is 4.39 Å². The number of hydrogen-bond donors (Lipinski definition) is 0. The Morgan fingerprint density at radius 2 is 2.18 bits per heavy atom. The van der Waals surface area contributed by atoms with E-state index in [1.54, 1.807) is 11.3 Å².